The van der Waals surface area contributed by atoms with Crippen molar-refractivity contribution in [3.05, 3.63) is 59.7 Å². The number of carbonyl (C=O) groups is 1. The fourth-order valence-corrected chi connectivity index (χ4v) is 7.37. The van der Waals surface area contributed by atoms with E-state index in [0.717, 1.165) is 56.2 Å². The van der Waals surface area contributed by atoms with Crippen LogP contribution in [-0.2, 0) is 11.3 Å². The van der Waals surface area contributed by atoms with Crippen LogP contribution in [-0.4, -0.2) is 29.1 Å². The van der Waals surface area contributed by atoms with Crippen molar-refractivity contribution in [1.82, 2.24) is 0 Å². The predicted molar refractivity (Wildman–Crippen MR) is 151 cm³/mol. The number of fused-ring (bicyclic) bond motifs is 2. The average molecular weight is 503 g/mol. The lowest BCUT2D eigenvalue weighted by molar-refractivity contribution is -0.132. The molecule has 0 heterocycles. The Kier molecular flexibility index (Phi) is 8.38. The van der Waals surface area contributed by atoms with E-state index in [9.17, 15) is 14.8 Å². The number of hydrogen-bond donors (Lipinski definition) is 3. The lowest BCUT2D eigenvalue weighted by Gasteiger charge is -2.45. The van der Waals surface area contributed by atoms with E-state index in [1.54, 1.807) is 12.1 Å². The van der Waals surface area contributed by atoms with Gasteiger partial charge in [-0.05, 0) is 85.5 Å². The summed E-state index contributed by atoms with van der Waals surface area (Å²) < 4.78 is 0. The van der Waals surface area contributed by atoms with Gasteiger partial charge in [-0.2, -0.15) is 0 Å². The predicted octanol–water partition coefficient (Wildman–Crippen LogP) is 5.03. The van der Waals surface area contributed by atoms with Gasteiger partial charge in [-0.1, -0.05) is 74.9 Å². The largest absolute Gasteiger partial charge is 0.488 e. The lowest BCUT2D eigenvalue weighted by Crippen LogP contribution is -2.48. The zero-order valence-electron chi connectivity index (χ0n) is 22.2. The Bertz CT molecular complexity index is 1040. The molecule has 5 nitrogen and oxygen atoms in total. The molecule has 0 spiro atoms. The van der Waals surface area contributed by atoms with Gasteiger partial charge in [0.05, 0.1) is 12.0 Å². The minimum absolute atomic E-state index is 0.223. The van der Waals surface area contributed by atoms with Gasteiger partial charge in [-0.3, -0.25) is 4.79 Å². The molecule has 6 heteroatoms. The molecule has 3 aliphatic rings. The maximum atomic E-state index is 14.5. The van der Waals surface area contributed by atoms with Crippen molar-refractivity contribution in [2.45, 2.75) is 102 Å². The second kappa shape index (κ2) is 11.7. The second-order valence-corrected chi connectivity index (χ2v) is 12.1. The molecule has 2 bridgehead atoms. The molecule has 4 N–H and O–H groups in total. The number of amides is 1. The Morgan fingerprint density at radius 2 is 1.57 bits per heavy atom. The molecule has 2 aromatic rings. The highest BCUT2D eigenvalue weighted by Crippen LogP contribution is 2.48. The third-order valence-corrected chi connectivity index (χ3v) is 9.41. The molecule has 0 radical (unpaired) electrons. The van der Waals surface area contributed by atoms with Crippen molar-refractivity contribution in [2.75, 3.05) is 4.90 Å². The van der Waals surface area contributed by atoms with Crippen molar-refractivity contribution in [2.24, 2.45) is 17.1 Å². The maximum absolute atomic E-state index is 14.5. The van der Waals surface area contributed by atoms with E-state index in [0.29, 0.717) is 23.8 Å². The van der Waals surface area contributed by atoms with Crippen molar-refractivity contribution in [3.8, 4) is 0 Å². The van der Waals surface area contributed by atoms with Gasteiger partial charge in [0, 0.05) is 11.7 Å². The van der Waals surface area contributed by atoms with Crippen LogP contribution < -0.4 is 16.1 Å². The first-order chi connectivity index (χ1) is 17.9. The van der Waals surface area contributed by atoms with Crippen LogP contribution in [0.4, 0.5) is 5.69 Å². The number of nitrogens with zero attached hydrogens (tertiary/aromatic N) is 1. The summed E-state index contributed by atoms with van der Waals surface area (Å²) in [6.45, 7) is 0.525. The number of nitrogens with two attached hydrogens (primary N) is 1. The fraction of sp³-hybridized carbons (Fsp3) is 0.581. The molecule has 37 heavy (non-hydrogen) atoms. The van der Waals surface area contributed by atoms with Crippen LogP contribution >= 0.6 is 0 Å². The first-order valence-electron chi connectivity index (χ1n) is 14.6. The lowest BCUT2D eigenvalue weighted by atomic mass is 9.63. The van der Waals surface area contributed by atoms with Crippen molar-refractivity contribution < 1.29 is 14.8 Å². The Labute approximate surface area is 222 Å². The molecule has 198 valence electrons. The highest BCUT2D eigenvalue weighted by atomic mass is 16.4. The molecule has 3 saturated carbocycles. The van der Waals surface area contributed by atoms with Gasteiger partial charge in [0.25, 0.3) is 0 Å². The summed E-state index contributed by atoms with van der Waals surface area (Å²) in [5.41, 5.74) is 9.86. The summed E-state index contributed by atoms with van der Waals surface area (Å²) in [6.07, 6.45) is 14.6. The molecule has 0 aromatic heterocycles. The number of benzene rings is 2. The summed E-state index contributed by atoms with van der Waals surface area (Å²) in [6, 6.07) is 16.3. The fourth-order valence-electron chi connectivity index (χ4n) is 7.37. The zero-order valence-corrected chi connectivity index (χ0v) is 22.2. The number of carbonyl (C=O) groups excluding carboxylic acids is 1. The first-order valence-corrected chi connectivity index (χ1v) is 14.6. The van der Waals surface area contributed by atoms with Gasteiger partial charge >= 0.3 is 7.12 Å². The summed E-state index contributed by atoms with van der Waals surface area (Å²) >= 11 is 0. The van der Waals surface area contributed by atoms with Crippen LogP contribution in [0.3, 0.4) is 0 Å². The van der Waals surface area contributed by atoms with E-state index in [-0.39, 0.29) is 17.4 Å². The molecule has 1 unspecified atom stereocenters. The number of rotatable bonds is 6. The second-order valence-electron chi connectivity index (χ2n) is 12.1. The minimum atomic E-state index is -1.52. The van der Waals surface area contributed by atoms with Crippen LogP contribution in [0.2, 0.25) is 0 Å². The van der Waals surface area contributed by atoms with Gasteiger partial charge in [-0.25, -0.2) is 0 Å². The molecular weight excluding hydrogens is 459 g/mol. The van der Waals surface area contributed by atoms with Crippen molar-refractivity contribution in [3.63, 3.8) is 0 Å². The van der Waals surface area contributed by atoms with E-state index in [1.807, 2.05) is 17.0 Å². The van der Waals surface area contributed by atoms with Crippen molar-refractivity contribution >= 4 is 24.2 Å². The van der Waals surface area contributed by atoms with Gasteiger partial charge in [0.2, 0.25) is 5.91 Å². The molecule has 2 aromatic carbocycles. The van der Waals surface area contributed by atoms with E-state index in [4.69, 9.17) is 5.73 Å². The molecular formula is C31H43BN2O3. The summed E-state index contributed by atoms with van der Waals surface area (Å²) in [7, 11) is -1.52. The standard InChI is InChI=1S/C31H43BN2O3/c33-28-9-5-19-31(18-4-6-24(20-28)21-31)30(35)34(29-16-14-27(15-17-29)32(36)37)22-23-10-12-26(13-11-23)25-7-2-1-3-8-25/h10-17,24-25,28,36-37H,1-9,18-22,33H2/t24?,28-,31+/m1/s1. The molecule has 5 rings (SSSR count). The average Bonchev–Trinajstić information content (AvgIpc) is 2.92. The van der Waals surface area contributed by atoms with Gasteiger partial charge in [-0.15, -0.1) is 0 Å². The Morgan fingerprint density at radius 1 is 0.892 bits per heavy atom. The van der Waals surface area contributed by atoms with Crippen LogP contribution in [0.5, 0.6) is 0 Å². The first kappa shape index (κ1) is 26.5. The topological polar surface area (TPSA) is 86.8 Å². The van der Waals surface area contributed by atoms with E-state index < -0.39 is 7.12 Å². The Morgan fingerprint density at radius 3 is 2.24 bits per heavy atom. The van der Waals surface area contributed by atoms with Gasteiger partial charge < -0.3 is 20.7 Å². The summed E-state index contributed by atoms with van der Waals surface area (Å²) in [4.78, 5) is 16.5. The third-order valence-electron chi connectivity index (χ3n) is 9.41. The summed E-state index contributed by atoms with van der Waals surface area (Å²) in [5, 5.41) is 19.2. The van der Waals surface area contributed by atoms with E-state index >= 15 is 0 Å². The molecule has 0 saturated heterocycles. The molecule has 3 aliphatic carbocycles. The van der Waals surface area contributed by atoms with Crippen LogP contribution in [0.1, 0.15) is 101 Å². The van der Waals surface area contributed by atoms with Crippen LogP contribution in [0.25, 0.3) is 0 Å². The third kappa shape index (κ3) is 6.13. The number of anilines is 1. The minimum Gasteiger partial charge on any atom is -0.423 e. The Balaban J connectivity index is 1.42. The maximum Gasteiger partial charge on any atom is 0.488 e. The van der Waals surface area contributed by atoms with Crippen molar-refractivity contribution in [1.29, 1.82) is 0 Å². The van der Waals surface area contributed by atoms with Gasteiger partial charge in [0.15, 0.2) is 0 Å². The highest BCUT2D eigenvalue weighted by Gasteiger charge is 2.45. The van der Waals surface area contributed by atoms with E-state index in [1.165, 1.54) is 44.1 Å². The van der Waals surface area contributed by atoms with Crippen LogP contribution in [0.15, 0.2) is 48.5 Å². The highest BCUT2D eigenvalue weighted by molar-refractivity contribution is 6.58. The smallest absolute Gasteiger partial charge is 0.423 e. The molecule has 0 aliphatic heterocycles. The van der Waals surface area contributed by atoms with E-state index in [2.05, 4.69) is 24.3 Å². The number of hydrogen-bond acceptors (Lipinski definition) is 4. The molecule has 3 atom stereocenters. The summed E-state index contributed by atoms with van der Waals surface area (Å²) in [5.74, 6) is 1.41. The molecule has 3 fully saturated rings. The Hall–Kier alpha value is -2.15. The normalized spacial score (nSPS) is 26.7. The van der Waals surface area contributed by atoms with Gasteiger partial charge in [0.1, 0.15) is 0 Å². The van der Waals surface area contributed by atoms with Crippen LogP contribution in [0, 0.1) is 11.3 Å². The SMILES string of the molecule is N[C@@H]1CCC[C@@]2(C(=O)N(Cc3ccc(C4CCCCC4)cc3)c3ccc(B(O)O)cc3)CCCC(C1)C2. The monoisotopic (exact) mass is 502 g/mol. The molecule has 1 amide bonds. The quantitative estimate of drug-likeness (QED) is 0.484. The zero-order chi connectivity index (χ0) is 25.8.